The number of aliphatic imine (C=N–C) groups is 1. The van der Waals surface area contributed by atoms with Crippen LogP contribution in [0.2, 0.25) is 0 Å². The fraction of sp³-hybridized carbons (Fsp3) is 0.526. The lowest BCUT2D eigenvalue weighted by Gasteiger charge is -2.22. The standard InChI is InChI=1S/C19H31N9O7/c1-9(15(31)27-12(18(34)35)3-2-4-24-19(21)22)26-17(33)13(6-14(29)30)28-16(32)11(20)5-10-7-23-8-25-10/h7-9,11-13H,2-6,20H2,1H3,(H,23,25)(H,26,33)(H,27,31)(H,28,32)(H,29,30)(H,34,35)(H4,21,22,24). The molecule has 1 aromatic rings. The molecule has 35 heavy (non-hydrogen) atoms. The van der Waals surface area contributed by atoms with Crippen LogP contribution in [0.3, 0.4) is 0 Å². The summed E-state index contributed by atoms with van der Waals surface area (Å²) >= 11 is 0. The van der Waals surface area contributed by atoms with E-state index in [0.717, 1.165) is 0 Å². The first-order valence-corrected chi connectivity index (χ1v) is 10.5. The van der Waals surface area contributed by atoms with Crippen molar-refractivity contribution in [1.82, 2.24) is 25.9 Å². The van der Waals surface area contributed by atoms with Gasteiger partial charge in [-0.1, -0.05) is 0 Å². The normalized spacial score (nSPS) is 14.0. The number of aromatic amines is 1. The maximum absolute atomic E-state index is 12.6. The van der Waals surface area contributed by atoms with Gasteiger partial charge in [0, 0.05) is 24.9 Å². The minimum atomic E-state index is -1.53. The third kappa shape index (κ3) is 11.0. The van der Waals surface area contributed by atoms with Crippen LogP contribution in [0.25, 0.3) is 0 Å². The predicted octanol–water partition coefficient (Wildman–Crippen LogP) is -3.63. The monoisotopic (exact) mass is 497 g/mol. The van der Waals surface area contributed by atoms with E-state index in [4.69, 9.17) is 22.3 Å². The summed E-state index contributed by atoms with van der Waals surface area (Å²) in [6.45, 7) is 1.43. The molecule has 1 aromatic heterocycles. The number of carbonyl (C=O) groups is 5. The fourth-order valence-electron chi connectivity index (χ4n) is 2.83. The van der Waals surface area contributed by atoms with Crippen LogP contribution in [-0.2, 0) is 30.4 Å². The van der Waals surface area contributed by atoms with Crippen molar-refractivity contribution in [3.8, 4) is 0 Å². The van der Waals surface area contributed by atoms with Gasteiger partial charge in [-0.05, 0) is 19.8 Å². The highest BCUT2D eigenvalue weighted by molar-refractivity contribution is 5.95. The summed E-state index contributed by atoms with van der Waals surface area (Å²) in [4.78, 5) is 70.2. The van der Waals surface area contributed by atoms with Crippen molar-refractivity contribution >= 4 is 35.6 Å². The van der Waals surface area contributed by atoms with Gasteiger partial charge < -0.3 is 48.3 Å². The Morgan fingerprint density at radius 1 is 1.06 bits per heavy atom. The summed E-state index contributed by atoms with van der Waals surface area (Å²) in [6, 6.07) is -5.14. The number of rotatable bonds is 15. The number of aromatic nitrogens is 2. The Hall–Kier alpha value is -4.21. The molecule has 16 nitrogen and oxygen atoms in total. The van der Waals surface area contributed by atoms with E-state index >= 15 is 0 Å². The number of hydrogen-bond acceptors (Lipinski definition) is 8. The fourth-order valence-corrected chi connectivity index (χ4v) is 2.83. The largest absolute Gasteiger partial charge is 0.481 e. The Bertz CT molecular complexity index is 916. The highest BCUT2D eigenvalue weighted by Gasteiger charge is 2.29. The van der Waals surface area contributed by atoms with E-state index < -0.39 is 60.2 Å². The van der Waals surface area contributed by atoms with E-state index in [2.05, 4.69) is 30.9 Å². The van der Waals surface area contributed by atoms with Crippen LogP contribution in [0, 0.1) is 0 Å². The minimum absolute atomic E-state index is 0.0183. The van der Waals surface area contributed by atoms with Crippen molar-refractivity contribution in [2.24, 2.45) is 22.2 Å². The second-order valence-electron chi connectivity index (χ2n) is 7.63. The summed E-state index contributed by atoms with van der Waals surface area (Å²) in [5.74, 6) is -5.41. The maximum Gasteiger partial charge on any atom is 0.326 e. The molecular formula is C19H31N9O7. The van der Waals surface area contributed by atoms with Crippen molar-refractivity contribution in [2.75, 3.05) is 6.54 Å². The van der Waals surface area contributed by atoms with E-state index in [9.17, 15) is 29.1 Å². The van der Waals surface area contributed by atoms with Gasteiger partial charge in [-0.3, -0.25) is 24.2 Å². The molecule has 0 aliphatic rings. The van der Waals surface area contributed by atoms with Crippen LogP contribution >= 0.6 is 0 Å². The average molecular weight is 498 g/mol. The van der Waals surface area contributed by atoms with E-state index in [1.54, 1.807) is 0 Å². The van der Waals surface area contributed by atoms with E-state index in [-0.39, 0.29) is 31.8 Å². The van der Waals surface area contributed by atoms with Gasteiger partial charge in [0.1, 0.15) is 18.1 Å². The molecule has 4 unspecified atom stereocenters. The average Bonchev–Trinajstić information content (AvgIpc) is 3.27. The first kappa shape index (κ1) is 28.8. The molecule has 0 bridgehead atoms. The number of nitrogens with zero attached hydrogens (tertiary/aromatic N) is 2. The molecule has 16 heteroatoms. The maximum atomic E-state index is 12.6. The number of aliphatic carboxylic acids is 2. The van der Waals surface area contributed by atoms with Crippen molar-refractivity contribution < 1.29 is 34.2 Å². The molecule has 0 saturated heterocycles. The Balaban J connectivity index is 2.71. The Kier molecular flexibility index (Phi) is 11.6. The molecule has 194 valence electrons. The van der Waals surface area contributed by atoms with Crippen molar-refractivity contribution in [3.63, 3.8) is 0 Å². The first-order chi connectivity index (χ1) is 16.4. The Labute approximate surface area is 200 Å². The second kappa shape index (κ2) is 14.1. The number of amides is 3. The van der Waals surface area contributed by atoms with Gasteiger partial charge >= 0.3 is 11.9 Å². The van der Waals surface area contributed by atoms with Crippen LogP contribution in [0.5, 0.6) is 0 Å². The lowest BCUT2D eigenvalue weighted by molar-refractivity contribution is -0.143. The number of imidazole rings is 1. The molecule has 1 rings (SSSR count). The lowest BCUT2D eigenvalue weighted by Crippen LogP contribution is -2.57. The van der Waals surface area contributed by atoms with Gasteiger partial charge in [0.05, 0.1) is 18.8 Å². The molecule has 3 amide bonds. The van der Waals surface area contributed by atoms with E-state index in [0.29, 0.717) is 5.69 Å². The minimum Gasteiger partial charge on any atom is -0.481 e. The van der Waals surface area contributed by atoms with Crippen molar-refractivity contribution in [1.29, 1.82) is 0 Å². The Morgan fingerprint density at radius 3 is 2.26 bits per heavy atom. The van der Waals surface area contributed by atoms with Crippen molar-refractivity contribution in [3.05, 3.63) is 18.2 Å². The summed E-state index contributed by atoms with van der Waals surface area (Å²) in [6.07, 6.45) is 2.43. The van der Waals surface area contributed by atoms with Crippen molar-refractivity contribution in [2.45, 2.75) is 56.8 Å². The molecule has 0 radical (unpaired) electrons. The summed E-state index contributed by atoms with van der Waals surface area (Å²) in [5, 5.41) is 25.2. The van der Waals surface area contributed by atoms with Gasteiger partial charge in [0.2, 0.25) is 17.7 Å². The molecule has 4 atom stereocenters. The Morgan fingerprint density at radius 2 is 1.71 bits per heavy atom. The van der Waals surface area contributed by atoms with Crippen LogP contribution in [-0.4, -0.2) is 86.5 Å². The lowest BCUT2D eigenvalue weighted by atomic mass is 10.1. The molecule has 0 aromatic carbocycles. The summed E-state index contributed by atoms with van der Waals surface area (Å²) in [7, 11) is 0. The summed E-state index contributed by atoms with van der Waals surface area (Å²) in [5.41, 5.74) is 16.8. The SMILES string of the molecule is CC(NC(=O)C(CC(=O)O)NC(=O)C(N)Cc1cnc[nH]1)C(=O)NC(CCCN=C(N)N)C(=O)O. The molecule has 0 spiro atoms. The zero-order chi connectivity index (χ0) is 26.5. The zero-order valence-electron chi connectivity index (χ0n) is 19.1. The number of carbonyl (C=O) groups excluding carboxylic acids is 3. The second-order valence-corrected chi connectivity index (χ2v) is 7.63. The van der Waals surface area contributed by atoms with E-state index in [1.807, 2.05) is 0 Å². The summed E-state index contributed by atoms with van der Waals surface area (Å²) < 4.78 is 0. The highest BCUT2D eigenvalue weighted by Crippen LogP contribution is 2.02. The number of hydrogen-bond donors (Lipinski definition) is 9. The number of nitrogens with two attached hydrogens (primary N) is 3. The predicted molar refractivity (Wildman–Crippen MR) is 122 cm³/mol. The van der Waals surface area contributed by atoms with Gasteiger partial charge in [-0.2, -0.15) is 0 Å². The zero-order valence-corrected chi connectivity index (χ0v) is 19.1. The highest BCUT2D eigenvalue weighted by atomic mass is 16.4. The molecule has 0 aliphatic carbocycles. The van der Waals surface area contributed by atoms with Crippen LogP contribution in [0.4, 0.5) is 0 Å². The molecule has 0 saturated carbocycles. The molecule has 0 aliphatic heterocycles. The van der Waals surface area contributed by atoms with Gasteiger partial charge in [0.15, 0.2) is 5.96 Å². The number of carboxylic acid groups (broad SMARTS) is 2. The number of nitrogens with one attached hydrogen (secondary N) is 4. The van der Waals surface area contributed by atoms with E-state index in [1.165, 1.54) is 19.4 Å². The number of H-pyrrole nitrogens is 1. The smallest absolute Gasteiger partial charge is 0.326 e. The van der Waals surface area contributed by atoms with Gasteiger partial charge in [-0.25, -0.2) is 9.78 Å². The first-order valence-electron chi connectivity index (χ1n) is 10.5. The molecule has 12 N–H and O–H groups in total. The van der Waals surface area contributed by atoms with Gasteiger partial charge in [-0.15, -0.1) is 0 Å². The molecular weight excluding hydrogens is 466 g/mol. The number of carboxylic acids is 2. The van der Waals surface area contributed by atoms with Crippen LogP contribution in [0.1, 0.15) is 31.9 Å². The van der Waals surface area contributed by atoms with Gasteiger partial charge in [0.25, 0.3) is 0 Å². The molecule has 1 heterocycles. The quantitative estimate of drug-likeness (QED) is 0.0647. The third-order valence-electron chi connectivity index (χ3n) is 4.66. The molecule has 0 fully saturated rings. The number of guanidine groups is 1. The van der Waals surface area contributed by atoms with Crippen LogP contribution in [0.15, 0.2) is 17.5 Å². The topological polar surface area (TPSA) is 281 Å². The third-order valence-corrected chi connectivity index (χ3v) is 4.66. The van der Waals surface area contributed by atoms with Crippen LogP contribution < -0.4 is 33.2 Å².